The van der Waals surface area contributed by atoms with E-state index in [1.54, 1.807) is 6.07 Å². The summed E-state index contributed by atoms with van der Waals surface area (Å²) in [5, 5.41) is 3.16. The summed E-state index contributed by atoms with van der Waals surface area (Å²) in [5.74, 6) is 1.03. The van der Waals surface area contributed by atoms with Gasteiger partial charge in [-0.2, -0.15) is 0 Å². The lowest BCUT2D eigenvalue weighted by molar-refractivity contribution is 0.248. The van der Waals surface area contributed by atoms with E-state index >= 15 is 0 Å². The molecule has 1 heterocycles. The SMILES string of the molecule is NC(=O)NCCn1c(CCl)nc2ccc(Cl)cc21. The minimum absolute atomic E-state index is 0.295. The van der Waals surface area contributed by atoms with E-state index in [0.717, 1.165) is 16.9 Å². The van der Waals surface area contributed by atoms with Crippen LogP contribution in [0.3, 0.4) is 0 Å². The molecule has 0 atom stereocenters. The Labute approximate surface area is 114 Å². The molecule has 5 nitrogen and oxygen atoms in total. The summed E-state index contributed by atoms with van der Waals surface area (Å²) >= 11 is 11.8. The average Bonchev–Trinajstić information content (AvgIpc) is 2.66. The van der Waals surface area contributed by atoms with Crippen LogP contribution in [0.1, 0.15) is 5.82 Å². The second-order valence-electron chi connectivity index (χ2n) is 3.74. The number of hydrogen-bond donors (Lipinski definition) is 2. The highest BCUT2D eigenvalue weighted by Gasteiger charge is 2.10. The molecule has 96 valence electrons. The summed E-state index contributed by atoms with van der Waals surface area (Å²) in [6.45, 7) is 0.957. The Morgan fingerprint density at radius 2 is 2.28 bits per heavy atom. The number of benzene rings is 1. The predicted molar refractivity (Wildman–Crippen MR) is 71.9 cm³/mol. The monoisotopic (exact) mass is 286 g/mol. The number of nitrogens with two attached hydrogens (primary N) is 1. The van der Waals surface area contributed by atoms with E-state index in [0.29, 0.717) is 24.0 Å². The van der Waals surface area contributed by atoms with Gasteiger partial charge in [-0.1, -0.05) is 11.6 Å². The van der Waals surface area contributed by atoms with Gasteiger partial charge in [-0.05, 0) is 18.2 Å². The fourth-order valence-corrected chi connectivity index (χ4v) is 2.16. The third kappa shape index (κ3) is 2.68. The van der Waals surface area contributed by atoms with Crippen LogP contribution in [0.25, 0.3) is 11.0 Å². The summed E-state index contributed by atoms with van der Waals surface area (Å²) in [4.78, 5) is 15.0. The molecule has 2 amide bonds. The highest BCUT2D eigenvalue weighted by atomic mass is 35.5. The first-order valence-electron chi connectivity index (χ1n) is 5.35. The van der Waals surface area contributed by atoms with Crippen molar-refractivity contribution in [1.82, 2.24) is 14.9 Å². The summed E-state index contributed by atoms with van der Waals surface area (Å²) in [7, 11) is 0. The molecule has 0 saturated carbocycles. The Hall–Kier alpha value is -1.46. The molecule has 0 saturated heterocycles. The van der Waals surface area contributed by atoms with Crippen LogP contribution in [0.5, 0.6) is 0 Å². The molecule has 0 fully saturated rings. The van der Waals surface area contributed by atoms with Crippen LogP contribution in [0.2, 0.25) is 5.02 Å². The number of nitrogens with zero attached hydrogens (tertiary/aromatic N) is 2. The number of rotatable bonds is 4. The van der Waals surface area contributed by atoms with Crippen molar-refractivity contribution in [2.24, 2.45) is 5.73 Å². The maximum atomic E-state index is 10.6. The van der Waals surface area contributed by atoms with Crippen LogP contribution in [0, 0.1) is 0 Å². The Morgan fingerprint density at radius 3 is 2.94 bits per heavy atom. The van der Waals surface area contributed by atoms with Crippen LogP contribution in [-0.2, 0) is 12.4 Å². The summed E-state index contributed by atoms with van der Waals surface area (Å²) in [6, 6.07) is 4.89. The predicted octanol–water partition coefficient (Wildman–Crippen LogP) is 2.10. The molecule has 2 rings (SSSR count). The van der Waals surface area contributed by atoms with Gasteiger partial charge in [0, 0.05) is 18.1 Å². The van der Waals surface area contributed by atoms with Crippen LogP contribution >= 0.6 is 23.2 Å². The zero-order chi connectivity index (χ0) is 13.1. The first-order chi connectivity index (χ1) is 8.61. The zero-order valence-electron chi connectivity index (χ0n) is 9.49. The smallest absolute Gasteiger partial charge is 0.312 e. The molecule has 1 aromatic heterocycles. The first kappa shape index (κ1) is 13.0. The number of primary amides is 1. The number of amides is 2. The van der Waals surface area contributed by atoms with Crippen LogP contribution < -0.4 is 11.1 Å². The standard InChI is InChI=1S/C11H12Cl2N4O/c12-6-10-16-8-2-1-7(13)5-9(8)17(10)4-3-15-11(14)18/h1-2,5H,3-4,6H2,(H3,14,15,18). The molecule has 0 unspecified atom stereocenters. The van der Waals surface area contributed by atoms with Crippen molar-refractivity contribution >= 4 is 40.3 Å². The number of halogens is 2. The second kappa shape index (κ2) is 5.46. The Kier molecular flexibility index (Phi) is 3.93. The van der Waals surface area contributed by atoms with Crippen LogP contribution in [0.4, 0.5) is 4.79 Å². The molecule has 0 aliphatic heterocycles. The van der Waals surface area contributed by atoms with Crippen molar-refractivity contribution in [3.8, 4) is 0 Å². The minimum atomic E-state index is -0.551. The van der Waals surface area contributed by atoms with Gasteiger partial charge in [-0.3, -0.25) is 0 Å². The number of carbonyl (C=O) groups is 1. The quantitative estimate of drug-likeness (QED) is 0.845. The minimum Gasteiger partial charge on any atom is -0.352 e. The number of carbonyl (C=O) groups excluding carboxylic acids is 1. The fourth-order valence-electron chi connectivity index (χ4n) is 1.79. The van der Waals surface area contributed by atoms with Gasteiger partial charge in [-0.25, -0.2) is 9.78 Å². The van der Waals surface area contributed by atoms with Gasteiger partial charge >= 0.3 is 6.03 Å². The van der Waals surface area contributed by atoms with Gasteiger partial charge in [0.1, 0.15) is 5.82 Å². The third-order valence-corrected chi connectivity index (χ3v) is 3.02. The van der Waals surface area contributed by atoms with Crippen molar-refractivity contribution in [3.63, 3.8) is 0 Å². The molecule has 0 radical (unpaired) electrons. The van der Waals surface area contributed by atoms with Gasteiger partial charge in [-0.15, -0.1) is 11.6 Å². The van der Waals surface area contributed by atoms with Gasteiger partial charge in [0.25, 0.3) is 0 Å². The van der Waals surface area contributed by atoms with Gasteiger partial charge in [0.2, 0.25) is 0 Å². The number of hydrogen-bond acceptors (Lipinski definition) is 2. The topological polar surface area (TPSA) is 72.9 Å². The molecule has 7 heteroatoms. The molecule has 1 aromatic carbocycles. The molecule has 0 aliphatic rings. The number of nitrogens with one attached hydrogen (secondary N) is 1. The lowest BCUT2D eigenvalue weighted by Crippen LogP contribution is -2.32. The lowest BCUT2D eigenvalue weighted by Gasteiger charge is -2.07. The van der Waals surface area contributed by atoms with Gasteiger partial charge in [0.05, 0.1) is 16.9 Å². The molecule has 0 aliphatic carbocycles. The number of imidazole rings is 1. The molecule has 2 aromatic rings. The van der Waals surface area contributed by atoms with E-state index in [9.17, 15) is 4.79 Å². The van der Waals surface area contributed by atoms with E-state index in [-0.39, 0.29) is 0 Å². The number of alkyl halides is 1. The van der Waals surface area contributed by atoms with E-state index < -0.39 is 6.03 Å². The average molecular weight is 287 g/mol. The molecule has 0 spiro atoms. The summed E-state index contributed by atoms with van der Waals surface area (Å²) in [6.07, 6.45) is 0. The largest absolute Gasteiger partial charge is 0.352 e. The van der Waals surface area contributed by atoms with Crippen LogP contribution in [-0.4, -0.2) is 22.1 Å². The van der Waals surface area contributed by atoms with E-state index in [1.807, 2.05) is 16.7 Å². The maximum absolute atomic E-state index is 10.6. The molecule has 0 bridgehead atoms. The maximum Gasteiger partial charge on any atom is 0.312 e. The van der Waals surface area contributed by atoms with Crippen molar-refractivity contribution in [2.45, 2.75) is 12.4 Å². The van der Waals surface area contributed by atoms with E-state index in [1.165, 1.54) is 0 Å². The molecular formula is C11H12Cl2N4O. The van der Waals surface area contributed by atoms with Crippen LogP contribution in [0.15, 0.2) is 18.2 Å². The van der Waals surface area contributed by atoms with Crippen molar-refractivity contribution in [1.29, 1.82) is 0 Å². The lowest BCUT2D eigenvalue weighted by atomic mass is 10.3. The highest BCUT2D eigenvalue weighted by molar-refractivity contribution is 6.31. The number of urea groups is 1. The third-order valence-electron chi connectivity index (χ3n) is 2.54. The summed E-state index contributed by atoms with van der Waals surface area (Å²) in [5.41, 5.74) is 6.74. The summed E-state index contributed by atoms with van der Waals surface area (Å²) < 4.78 is 1.92. The molecule has 18 heavy (non-hydrogen) atoms. The Bertz CT molecular complexity index is 582. The normalized spacial score (nSPS) is 10.8. The fraction of sp³-hybridized carbons (Fsp3) is 0.273. The number of aromatic nitrogens is 2. The highest BCUT2D eigenvalue weighted by Crippen LogP contribution is 2.21. The van der Waals surface area contributed by atoms with E-state index in [2.05, 4.69) is 10.3 Å². The molecule has 3 N–H and O–H groups in total. The molecular weight excluding hydrogens is 275 g/mol. The Balaban J connectivity index is 2.33. The zero-order valence-corrected chi connectivity index (χ0v) is 11.0. The van der Waals surface area contributed by atoms with Crippen molar-refractivity contribution < 1.29 is 4.79 Å². The van der Waals surface area contributed by atoms with Crippen molar-refractivity contribution in [2.75, 3.05) is 6.54 Å². The second-order valence-corrected chi connectivity index (χ2v) is 4.44. The van der Waals surface area contributed by atoms with Crippen molar-refractivity contribution in [3.05, 3.63) is 29.0 Å². The van der Waals surface area contributed by atoms with Gasteiger partial charge < -0.3 is 15.6 Å². The van der Waals surface area contributed by atoms with Gasteiger partial charge in [0.15, 0.2) is 0 Å². The first-order valence-corrected chi connectivity index (χ1v) is 6.27. The number of fused-ring (bicyclic) bond motifs is 1. The Morgan fingerprint density at radius 1 is 1.50 bits per heavy atom. The van der Waals surface area contributed by atoms with E-state index in [4.69, 9.17) is 28.9 Å².